The van der Waals surface area contributed by atoms with Crippen LogP contribution in [0.4, 0.5) is 8.78 Å². The summed E-state index contributed by atoms with van der Waals surface area (Å²) in [5.74, 6) is -0.273. The van der Waals surface area contributed by atoms with Crippen molar-refractivity contribution >= 4 is 5.97 Å². The number of esters is 1. The SMILES string of the molecule is COc1ccc(C23CCC(OC(=O)C(F)F)=CC2N(C)CC3)cc1C. The Labute approximate surface area is 146 Å². The molecule has 2 atom stereocenters. The van der Waals surface area contributed by atoms with E-state index < -0.39 is 12.4 Å². The van der Waals surface area contributed by atoms with E-state index in [1.165, 1.54) is 5.56 Å². The summed E-state index contributed by atoms with van der Waals surface area (Å²) in [6.45, 7) is 2.92. The van der Waals surface area contributed by atoms with Crippen LogP contribution >= 0.6 is 0 Å². The maximum absolute atomic E-state index is 12.5. The summed E-state index contributed by atoms with van der Waals surface area (Å²) in [6, 6.07) is 6.23. The average molecular weight is 351 g/mol. The Bertz CT molecular complexity index is 704. The Morgan fingerprint density at radius 3 is 2.76 bits per heavy atom. The average Bonchev–Trinajstić information content (AvgIpc) is 2.92. The van der Waals surface area contributed by atoms with Crippen LogP contribution in [0.1, 0.15) is 30.4 Å². The molecule has 0 amide bonds. The van der Waals surface area contributed by atoms with Gasteiger partial charge in [-0.1, -0.05) is 12.1 Å². The number of aryl methyl sites for hydroxylation is 1. The van der Waals surface area contributed by atoms with E-state index in [2.05, 4.69) is 17.0 Å². The van der Waals surface area contributed by atoms with Crippen LogP contribution in [0.15, 0.2) is 30.0 Å². The van der Waals surface area contributed by atoms with E-state index in [1.807, 2.05) is 26.1 Å². The third-order valence-electron chi connectivity index (χ3n) is 5.49. The molecule has 1 fully saturated rings. The van der Waals surface area contributed by atoms with Crippen molar-refractivity contribution < 1.29 is 23.0 Å². The molecule has 0 bridgehead atoms. The number of nitrogens with zero attached hydrogens (tertiary/aromatic N) is 1. The number of alkyl halides is 2. The number of benzene rings is 1. The minimum Gasteiger partial charge on any atom is -0.496 e. The molecule has 1 aromatic carbocycles. The molecular weight excluding hydrogens is 328 g/mol. The Kier molecular flexibility index (Phi) is 4.82. The van der Waals surface area contributed by atoms with Gasteiger partial charge in [0.25, 0.3) is 0 Å². The lowest BCUT2D eigenvalue weighted by Gasteiger charge is -2.40. The second kappa shape index (κ2) is 6.75. The first kappa shape index (κ1) is 17.9. The number of hydrogen-bond donors (Lipinski definition) is 0. The maximum Gasteiger partial charge on any atom is 0.378 e. The smallest absolute Gasteiger partial charge is 0.378 e. The van der Waals surface area contributed by atoms with Gasteiger partial charge in [0.05, 0.1) is 7.11 Å². The number of fused-ring (bicyclic) bond motifs is 1. The molecule has 1 aliphatic heterocycles. The highest BCUT2D eigenvalue weighted by molar-refractivity contribution is 5.74. The molecule has 0 radical (unpaired) electrons. The van der Waals surface area contributed by atoms with Crippen LogP contribution in [0, 0.1) is 6.92 Å². The largest absolute Gasteiger partial charge is 0.496 e. The van der Waals surface area contributed by atoms with Gasteiger partial charge >= 0.3 is 12.4 Å². The predicted octanol–water partition coefficient (Wildman–Crippen LogP) is 3.43. The topological polar surface area (TPSA) is 38.8 Å². The monoisotopic (exact) mass is 351 g/mol. The number of rotatable bonds is 4. The molecule has 4 nitrogen and oxygen atoms in total. The van der Waals surface area contributed by atoms with E-state index in [0.29, 0.717) is 12.2 Å². The Morgan fingerprint density at radius 1 is 1.36 bits per heavy atom. The van der Waals surface area contributed by atoms with Crippen LogP contribution in [0.5, 0.6) is 5.75 Å². The number of ether oxygens (including phenoxy) is 2. The van der Waals surface area contributed by atoms with Crippen LogP contribution in [-0.2, 0) is 14.9 Å². The van der Waals surface area contributed by atoms with E-state index in [9.17, 15) is 13.6 Å². The number of carbonyl (C=O) groups is 1. The van der Waals surface area contributed by atoms with E-state index in [-0.39, 0.29) is 11.5 Å². The van der Waals surface area contributed by atoms with Crippen LogP contribution in [0.2, 0.25) is 0 Å². The molecule has 1 aliphatic carbocycles. The minimum absolute atomic E-state index is 0.0227. The Morgan fingerprint density at radius 2 is 2.12 bits per heavy atom. The van der Waals surface area contributed by atoms with Crippen molar-refractivity contribution in [2.24, 2.45) is 0 Å². The zero-order valence-corrected chi connectivity index (χ0v) is 14.7. The van der Waals surface area contributed by atoms with Crippen LogP contribution < -0.4 is 4.74 Å². The normalized spacial score (nSPS) is 26.3. The lowest BCUT2D eigenvalue weighted by molar-refractivity contribution is -0.152. The molecular formula is C19H23F2NO3. The van der Waals surface area contributed by atoms with E-state index >= 15 is 0 Å². The molecule has 0 aromatic heterocycles. The second-order valence-electron chi connectivity index (χ2n) is 6.87. The molecule has 25 heavy (non-hydrogen) atoms. The van der Waals surface area contributed by atoms with Gasteiger partial charge < -0.3 is 9.47 Å². The Hall–Kier alpha value is -1.95. The third kappa shape index (κ3) is 3.15. The summed E-state index contributed by atoms with van der Waals surface area (Å²) in [5.41, 5.74) is 2.20. The summed E-state index contributed by atoms with van der Waals surface area (Å²) in [5, 5.41) is 0. The molecule has 0 spiro atoms. The Balaban J connectivity index is 1.92. The van der Waals surface area contributed by atoms with Gasteiger partial charge in [0, 0.05) is 17.9 Å². The molecule has 1 saturated heterocycles. The van der Waals surface area contributed by atoms with Crippen molar-refractivity contribution in [2.45, 2.75) is 44.1 Å². The zero-order valence-electron chi connectivity index (χ0n) is 14.7. The standard InChI is InChI=1S/C19H23F2NO3/c1-12-10-13(4-5-15(12)24-3)19-7-6-14(25-18(23)17(20)21)11-16(19)22(2)9-8-19/h4-5,10-11,16-17H,6-9H2,1-3H3. The molecule has 0 N–H and O–H groups in total. The van der Waals surface area contributed by atoms with Gasteiger partial charge in [-0.15, -0.1) is 0 Å². The van der Waals surface area contributed by atoms with Crippen molar-refractivity contribution in [3.8, 4) is 5.75 Å². The molecule has 1 heterocycles. The van der Waals surface area contributed by atoms with Crippen molar-refractivity contribution in [1.82, 2.24) is 4.90 Å². The van der Waals surface area contributed by atoms with Gasteiger partial charge in [-0.05, 0) is 56.6 Å². The number of halogens is 2. The van der Waals surface area contributed by atoms with Crippen molar-refractivity contribution in [3.63, 3.8) is 0 Å². The van der Waals surface area contributed by atoms with Crippen molar-refractivity contribution in [1.29, 1.82) is 0 Å². The van der Waals surface area contributed by atoms with Crippen LogP contribution in [-0.4, -0.2) is 44.0 Å². The van der Waals surface area contributed by atoms with Crippen LogP contribution in [0.3, 0.4) is 0 Å². The zero-order chi connectivity index (χ0) is 18.2. The fourth-order valence-electron chi connectivity index (χ4n) is 4.16. The molecule has 1 aromatic rings. The quantitative estimate of drug-likeness (QED) is 0.779. The number of allylic oxidation sites excluding steroid dienone is 1. The summed E-state index contributed by atoms with van der Waals surface area (Å²) < 4.78 is 35.1. The summed E-state index contributed by atoms with van der Waals surface area (Å²) in [4.78, 5) is 13.4. The van der Waals surface area contributed by atoms with Gasteiger partial charge in [0.15, 0.2) is 0 Å². The molecule has 136 valence electrons. The summed E-state index contributed by atoms with van der Waals surface area (Å²) >= 11 is 0. The van der Waals surface area contributed by atoms with Crippen LogP contribution in [0.25, 0.3) is 0 Å². The van der Waals surface area contributed by atoms with Crippen molar-refractivity contribution in [3.05, 3.63) is 41.2 Å². The minimum atomic E-state index is -3.10. The fraction of sp³-hybridized carbons (Fsp3) is 0.526. The third-order valence-corrected chi connectivity index (χ3v) is 5.49. The summed E-state index contributed by atoms with van der Waals surface area (Å²) in [6.07, 6.45) is 0.963. The lowest BCUT2D eigenvalue weighted by atomic mass is 9.68. The predicted molar refractivity (Wildman–Crippen MR) is 89.9 cm³/mol. The number of methoxy groups -OCH3 is 1. The first-order valence-corrected chi connectivity index (χ1v) is 8.43. The fourth-order valence-corrected chi connectivity index (χ4v) is 4.16. The number of likely N-dealkylation sites (tertiary alicyclic amines) is 1. The highest BCUT2D eigenvalue weighted by atomic mass is 19.3. The highest BCUT2D eigenvalue weighted by Gasteiger charge is 2.48. The highest BCUT2D eigenvalue weighted by Crippen LogP contribution is 2.48. The van der Waals surface area contributed by atoms with E-state index in [4.69, 9.17) is 9.47 Å². The number of hydrogen-bond acceptors (Lipinski definition) is 4. The number of carbonyl (C=O) groups excluding carboxylic acids is 1. The molecule has 6 heteroatoms. The lowest BCUT2D eigenvalue weighted by Crippen LogP contribution is -2.42. The maximum atomic E-state index is 12.5. The molecule has 3 rings (SSSR count). The van der Waals surface area contributed by atoms with E-state index in [0.717, 1.165) is 30.7 Å². The second-order valence-corrected chi connectivity index (χ2v) is 6.87. The van der Waals surface area contributed by atoms with Gasteiger partial charge in [0.2, 0.25) is 0 Å². The molecule has 2 unspecified atom stereocenters. The summed E-state index contributed by atoms with van der Waals surface area (Å²) in [7, 11) is 3.66. The van der Waals surface area contributed by atoms with Gasteiger partial charge in [-0.3, -0.25) is 4.90 Å². The van der Waals surface area contributed by atoms with E-state index in [1.54, 1.807) is 7.11 Å². The molecule has 2 aliphatic rings. The van der Waals surface area contributed by atoms with Gasteiger partial charge in [-0.2, -0.15) is 8.78 Å². The van der Waals surface area contributed by atoms with Gasteiger partial charge in [-0.25, -0.2) is 4.79 Å². The molecule has 0 saturated carbocycles. The first-order chi connectivity index (χ1) is 11.9. The first-order valence-electron chi connectivity index (χ1n) is 8.43. The van der Waals surface area contributed by atoms with Crippen molar-refractivity contribution in [2.75, 3.05) is 20.7 Å². The van der Waals surface area contributed by atoms with Gasteiger partial charge in [0.1, 0.15) is 11.5 Å². The number of likely N-dealkylation sites (N-methyl/N-ethyl adjacent to an activating group) is 1.